The molecule has 3 aromatic carbocycles. The second-order valence-electron chi connectivity index (χ2n) is 7.70. The fourth-order valence-corrected chi connectivity index (χ4v) is 4.03. The Labute approximate surface area is 196 Å². The van der Waals surface area contributed by atoms with Gasteiger partial charge in [-0.3, -0.25) is 4.79 Å². The molecule has 0 bridgehead atoms. The molecule has 0 fully saturated rings. The van der Waals surface area contributed by atoms with Gasteiger partial charge in [-0.25, -0.2) is 4.98 Å². The number of rotatable bonds is 9. The summed E-state index contributed by atoms with van der Waals surface area (Å²) in [5, 5.41) is 3.00. The second-order valence-corrected chi connectivity index (χ2v) is 8.62. The third-order valence-electron chi connectivity index (χ3n) is 5.27. The van der Waals surface area contributed by atoms with Gasteiger partial charge in [0, 0.05) is 29.5 Å². The van der Waals surface area contributed by atoms with Crippen LogP contribution in [0.2, 0.25) is 0 Å². The Balaban J connectivity index is 1.37. The molecule has 6 heteroatoms. The molecular formula is C26H26BrN3O2. The minimum absolute atomic E-state index is 0.0829. The van der Waals surface area contributed by atoms with Gasteiger partial charge in [0.1, 0.15) is 11.6 Å². The molecule has 0 aliphatic heterocycles. The predicted molar refractivity (Wildman–Crippen MR) is 131 cm³/mol. The Kier molecular flexibility index (Phi) is 7.22. The van der Waals surface area contributed by atoms with Gasteiger partial charge in [-0.05, 0) is 55.8 Å². The molecule has 0 radical (unpaired) electrons. The topological polar surface area (TPSA) is 56.1 Å². The van der Waals surface area contributed by atoms with E-state index in [9.17, 15) is 4.79 Å². The lowest BCUT2D eigenvalue weighted by atomic mass is 10.2. The zero-order valence-electron chi connectivity index (χ0n) is 18.1. The van der Waals surface area contributed by atoms with Crippen molar-refractivity contribution in [3.63, 3.8) is 0 Å². The number of hydrogen-bond donors (Lipinski definition) is 1. The second kappa shape index (κ2) is 10.5. The summed E-state index contributed by atoms with van der Waals surface area (Å²) in [5.74, 6) is 1.78. The number of fused-ring (bicyclic) bond motifs is 1. The molecule has 164 valence electrons. The third-order valence-corrected chi connectivity index (χ3v) is 5.76. The molecule has 0 aliphatic rings. The first kappa shape index (κ1) is 22.1. The first-order chi connectivity index (χ1) is 15.6. The number of amides is 1. The van der Waals surface area contributed by atoms with Crippen molar-refractivity contribution in [2.75, 3.05) is 13.2 Å². The van der Waals surface area contributed by atoms with Gasteiger partial charge in [0.05, 0.1) is 17.6 Å². The van der Waals surface area contributed by atoms with Crippen molar-refractivity contribution in [3.8, 4) is 5.75 Å². The number of hydrogen-bond acceptors (Lipinski definition) is 3. The summed E-state index contributed by atoms with van der Waals surface area (Å²) >= 11 is 3.41. The summed E-state index contributed by atoms with van der Waals surface area (Å²) in [6.07, 6.45) is 1.53. The predicted octanol–water partition coefficient (Wildman–Crippen LogP) is 5.55. The molecule has 1 aromatic heterocycles. The lowest BCUT2D eigenvalue weighted by Crippen LogP contribution is -2.26. The fourth-order valence-electron chi connectivity index (χ4n) is 3.63. The van der Waals surface area contributed by atoms with Crippen LogP contribution in [0.4, 0.5) is 0 Å². The van der Waals surface area contributed by atoms with E-state index in [4.69, 9.17) is 9.72 Å². The van der Waals surface area contributed by atoms with E-state index in [2.05, 4.69) is 50.9 Å². The standard InChI is InChI=1S/C26H26BrN3O2/c1-19-10-12-22(13-11-19)32-17-5-16-30-24-9-3-2-8-23(24)29-25(30)14-15-28-26(31)20-6-4-7-21(27)18-20/h2-4,6-13,18H,5,14-17H2,1H3,(H,28,31). The molecule has 0 aliphatic carbocycles. The minimum atomic E-state index is -0.0829. The first-order valence-corrected chi connectivity index (χ1v) is 11.6. The van der Waals surface area contributed by atoms with Crippen molar-refractivity contribution >= 4 is 32.9 Å². The third kappa shape index (κ3) is 5.56. The molecular weight excluding hydrogens is 466 g/mol. The van der Waals surface area contributed by atoms with Crippen LogP contribution < -0.4 is 10.1 Å². The SMILES string of the molecule is Cc1ccc(OCCCn2c(CCNC(=O)c3cccc(Br)c3)nc3ccccc32)cc1. The summed E-state index contributed by atoms with van der Waals surface area (Å²) < 4.78 is 9.01. The van der Waals surface area contributed by atoms with Crippen LogP contribution in [0.1, 0.15) is 28.2 Å². The molecule has 4 rings (SSSR count). The summed E-state index contributed by atoms with van der Waals surface area (Å²) in [5.41, 5.74) is 3.94. The average molecular weight is 492 g/mol. The fraction of sp³-hybridized carbons (Fsp3) is 0.231. The van der Waals surface area contributed by atoms with E-state index in [-0.39, 0.29) is 5.91 Å². The summed E-state index contributed by atoms with van der Waals surface area (Å²) in [7, 11) is 0. The van der Waals surface area contributed by atoms with E-state index in [0.717, 1.165) is 40.0 Å². The zero-order chi connectivity index (χ0) is 22.3. The van der Waals surface area contributed by atoms with Crippen LogP contribution in [0.5, 0.6) is 5.75 Å². The van der Waals surface area contributed by atoms with Gasteiger partial charge >= 0.3 is 0 Å². The highest BCUT2D eigenvalue weighted by atomic mass is 79.9. The lowest BCUT2D eigenvalue weighted by molar-refractivity contribution is 0.0954. The minimum Gasteiger partial charge on any atom is -0.494 e. The Morgan fingerprint density at radius 2 is 1.88 bits per heavy atom. The summed E-state index contributed by atoms with van der Waals surface area (Å²) in [6, 6.07) is 23.6. The van der Waals surface area contributed by atoms with Gasteiger partial charge in [0.15, 0.2) is 0 Å². The number of aromatic nitrogens is 2. The van der Waals surface area contributed by atoms with Crippen LogP contribution in [0.3, 0.4) is 0 Å². The van der Waals surface area contributed by atoms with Crippen LogP contribution in [-0.4, -0.2) is 28.6 Å². The number of aryl methyl sites for hydroxylation is 2. The molecule has 0 saturated carbocycles. The molecule has 0 saturated heterocycles. The molecule has 1 heterocycles. The quantitative estimate of drug-likeness (QED) is 0.312. The molecule has 1 N–H and O–H groups in total. The number of nitrogens with one attached hydrogen (secondary N) is 1. The first-order valence-electron chi connectivity index (χ1n) is 10.8. The maximum atomic E-state index is 12.4. The molecule has 1 amide bonds. The number of carbonyl (C=O) groups excluding carboxylic acids is 1. The monoisotopic (exact) mass is 491 g/mol. The van der Waals surface area contributed by atoms with Crippen molar-refractivity contribution in [1.82, 2.24) is 14.9 Å². The van der Waals surface area contributed by atoms with Crippen LogP contribution in [0.25, 0.3) is 11.0 Å². The Bertz CT molecular complexity index is 1200. The average Bonchev–Trinajstić information content (AvgIpc) is 3.15. The van der Waals surface area contributed by atoms with Gasteiger partial charge in [-0.2, -0.15) is 0 Å². The van der Waals surface area contributed by atoms with Crippen LogP contribution in [0, 0.1) is 6.92 Å². The number of halogens is 1. The Morgan fingerprint density at radius 1 is 1.06 bits per heavy atom. The van der Waals surface area contributed by atoms with Gasteiger partial charge in [-0.15, -0.1) is 0 Å². The van der Waals surface area contributed by atoms with Gasteiger partial charge in [0.25, 0.3) is 5.91 Å². The number of ether oxygens (including phenoxy) is 1. The smallest absolute Gasteiger partial charge is 0.251 e. The van der Waals surface area contributed by atoms with Crippen molar-refractivity contribution in [2.45, 2.75) is 26.3 Å². The van der Waals surface area contributed by atoms with Crippen LogP contribution in [-0.2, 0) is 13.0 Å². The molecule has 0 atom stereocenters. The highest BCUT2D eigenvalue weighted by molar-refractivity contribution is 9.10. The molecule has 0 spiro atoms. The zero-order valence-corrected chi connectivity index (χ0v) is 19.6. The Morgan fingerprint density at radius 3 is 2.69 bits per heavy atom. The number of benzene rings is 3. The normalized spacial score (nSPS) is 10.9. The Hall–Kier alpha value is -3.12. The number of nitrogens with zero attached hydrogens (tertiary/aromatic N) is 2. The molecule has 4 aromatic rings. The number of para-hydroxylation sites is 2. The van der Waals surface area contributed by atoms with Crippen molar-refractivity contribution in [1.29, 1.82) is 0 Å². The van der Waals surface area contributed by atoms with Crippen molar-refractivity contribution in [2.24, 2.45) is 0 Å². The highest BCUT2D eigenvalue weighted by Gasteiger charge is 2.11. The van der Waals surface area contributed by atoms with Crippen LogP contribution >= 0.6 is 15.9 Å². The van der Waals surface area contributed by atoms with E-state index < -0.39 is 0 Å². The van der Waals surface area contributed by atoms with Gasteiger partial charge < -0.3 is 14.6 Å². The number of imidazole rings is 1. The van der Waals surface area contributed by atoms with E-state index in [0.29, 0.717) is 25.1 Å². The molecule has 32 heavy (non-hydrogen) atoms. The summed E-state index contributed by atoms with van der Waals surface area (Å²) in [4.78, 5) is 17.2. The van der Waals surface area contributed by atoms with Crippen LogP contribution in [0.15, 0.2) is 77.3 Å². The maximum absolute atomic E-state index is 12.4. The summed E-state index contributed by atoms with van der Waals surface area (Å²) in [6.45, 7) is 4.03. The van der Waals surface area contributed by atoms with Gasteiger partial charge in [0.2, 0.25) is 0 Å². The van der Waals surface area contributed by atoms with E-state index in [1.165, 1.54) is 5.56 Å². The van der Waals surface area contributed by atoms with Crippen molar-refractivity contribution < 1.29 is 9.53 Å². The molecule has 0 unspecified atom stereocenters. The van der Waals surface area contributed by atoms with E-state index in [1.54, 1.807) is 0 Å². The van der Waals surface area contributed by atoms with Crippen molar-refractivity contribution in [3.05, 3.63) is 94.2 Å². The molecule has 5 nitrogen and oxygen atoms in total. The van der Waals surface area contributed by atoms with E-state index in [1.807, 2.05) is 54.6 Å². The maximum Gasteiger partial charge on any atom is 0.251 e. The highest BCUT2D eigenvalue weighted by Crippen LogP contribution is 2.18. The largest absolute Gasteiger partial charge is 0.494 e. The van der Waals surface area contributed by atoms with Gasteiger partial charge in [-0.1, -0.05) is 51.8 Å². The number of carbonyl (C=O) groups is 1. The lowest BCUT2D eigenvalue weighted by Gasteiger charge is -2.11. The van der Waals surface area contributed by atoms with E-state index >= 15 is 0 Å².